The normalized spacial score (nSPS) is 31.0. The van der Waals surface area contributed by atoms with Crippen LogP contribution in [0.3, 0.4) is 0 Å². The van der Waals surface area contributed by atoms with E-state index in [2.05, 4.69) is 41.7 Å². The van der Waals surface area contributed by atoms with Crippen molar-refractivity contribution in [3.8, 4) is 11.1 Å². The van der Waals surface area contributed by atoms with Crippen LogP contribution in [0.25, 0.3) is 11.1 Å². The molecule has 3 amide bonds. The molecule has 0 radical (unpaired) electrons. The molecule has 2 aromatic carbocycles. The predicted molar refractivity (Wildman–Crippen MR) is 138 cm³/mol. The van der Waals surface area contributed by atoms with Crippen LogP contribution in [0.2, 0.25) is 0 Å². The molecular formula is C29H32N2O3S. The molecule has 5 aliphatic rings. The predicted octanol–water partition coefficient (Wildman–Crippen LogP) is 5.42. The first kappa shape index (κ1) is 22.8. The van der Waals surface area contributed by atoms with Crippen LogP contribution in [0.4, 0.5) is 4.79 Å². The van der Waals surface area contributed by atoms with Gasteiger partial charge in [0.1, 0.15) is 0 Å². The van der Waals surface area contributed by atoms with Gasteiger partial charge in [0.05, 0.1) is 10.7 Å². The molecule has 5 nitrogen and oxygen atoms in total. The lowest BCUT2D eigenvalue weighted by atomic mass is 9.49. The highest BCUT2D eigenvalue weighted by Crippen LogP contribution is 2.60. The maximum Gasteiger partial charge on any atom is 0.286 e. The van der Waals surface area contributed by atoms with E-state index in [0.29, 0.717) is 18.9 Å². The molecule has 1 atom stereocenters. The maximum absolute atomic E-state index is 13.7. The van der Waals surface area contributed by atoms with Crippen molar-refractivity contribution in [2.45, 2.75) is 56.7 Å². The minimum absolute atomic E-state index is 0.101. The number of nitrogens with zero attached hydrogens (tertiary/aromatic N) is 1. The number of carbonyl (C=O) groups is 3. The topological polar surface area (TPSA) is 66.5 Å². The fourth-order valence-electron chi connectivity index (χ4n) is 7.55. The third-order valence-electron chi connectivity index (χ3n) is 8.66. The summed E-state index contributed by atoms with van der Waals surface area (Å²) in [5.74, 6) is 2.47. The highest BCUT2D eigenvalue weighted by atomic mass is 32.2. The zero-order chi connectivity index (χ0) is 24.2. The van der Waals surface area contributed by atoms with Crippen LogP contribution in [0, 0.1) is 23.2 Å². The molecule has 1 N–H and O–H groups in total. The van der Waals surface area contributed by atoms with E-state index in [0.717, 1.165) is 71.0 Å². The SMILES string of the molecule is CN(Cc1cccc(-c2ccc(CC3SC(=O)NC3=O)cc2)c1)C(=O)C12CC3CC(CC(C3)C1)C2. The van der Waals surface area contributed by atoms with Gasteiger partial charge in [-0.05, 0) is 91.0 Å². The smallest absolute Gasteiger partial charge is 0.286 e. The second-order valence-electron chi connectivity index (χ2n) is 11.3. The Morgan fingerprint density at radius 3 is 2.20 bits per heavy atom. The molecule has 1 heterocycles. The third-order valence-corrected chi connectivity index (χ3v) is 9.64. The Hall–Kier alpha value is -2.60. The highest BCUT2D eigenvalue weighted by Gasteiger charge is 2.55. The largest absolute Gasteiger partial charge is 0.341 e. The summed E-state index contributed by atoms with van der Waals surface area (Å²) in [6.07, 6.45) is 7.89. The van der Waals surface area contributed by atoms with E-state index in [4.69, 9.17) is 0 Å². The van der Waals surface area contributed by atoms with Crippen molar-refractivity contribution in [1.29, 1.82) is 0 Å². The number of rotatable bonds is 6. The van der Waals surface area contributed by atoms with Crippen LogP contribution in [-0.2, 0) is 22.6 Å². The molecule has 4 bridgehead atoms. The van der Waals surface area contributed by atoms with Crippen molar-refractivity contribution >= 4 is 28.8 Å². The Kier molecular flexibility index (Phi) is 5.75. The molecule has 4 saturated carbocycles. The van der Waals surface area contributed by atoms with Gasteiger partial charge in [0.2, 0.25) is 11.8 Å². The number of amides is 3. The second kappa shape index (κ2) is 8.81. The molecule has 182 valence electrons. The number of benzene rings is 2. The summed E-state index contributed by atoms with van der Waals surface area (Å²) in [5.41, 5.74) is 4.30. The summed E-state index contributed by atoms with van der Waals surface area (Å²) in [5, 5.41) is 1.74. The summed E-state index contributed by atoms with van der Waals surface area (Å²) in [7, 11) is 1.98. The number of carbonyl (C=O) groups excluding carboxylic acids is 3. The molecule has 4 aliphatic carbocycles. The molecule has 5 fully saturated rings. The zero-order valence-electron chi connectivity index (χ0n) is 20.2. The van der Waals surface area contributed by atoms with Gasteiger partial charge in [-0.25, -0.2) is 0 Å². The van der Waals surface area contributed by atoms with Gasteiger partial charge < -0.3 is 4.90 Å². The second-order valence-corrected chi connectivity index (χ2v) is 12.5. The fraction of sp³-hybridized carbons (Fsp3) is 0.483. The molecule has 0 aromatic heterocycles. The van der Waals surface area contributed by atoms with Crippen molar-refractivity contribution in [1.82, 2.24) is 10.2 Å². The highest BCUT2D eigenvalue weighted by molar-refractivity contribution is 8.15. The molecule has 1 aliphatic heterocycles. The van der Waals surface area contributed by atoms with Crippen molar-refractivity contribution in [3.05, 3.63) is 59.7 Å². The molecule has 0 spiro atoms. The van der Waals surface area contributed by atoms with Crippen LogP contribution in [-0.4, -0.2) is 34.3 Å². The van der Waals surface area contributed by atoms with Crippen LogP contribution in [0.5, 0.6) is 0 Å². The summed E-state index contributed by atoms with van der Waals surface area (Å²) in [6.45, 7) is 0.633. The molecule has 1 unspecified atom stereocenters. The number of hydrogen-bond donors (Lipinski definition) is 1. The van der Waals surface area contributed by atoms with Crippen LogP contribution < -0.4 is 5.32 Å². The lowest BCUT2D eigenvalue weighted by Gasteiger charge is -2.56. The minimum atomic E-state index is -0.348. The minimum Gasteiger partial charge on any atom is -0.341 e. The Morgan fingerprint density at radius 1 is 0.943 bits per heavy atom. The van der Waals surface area contributed by atoms with E-state index < -0.39 is 0 Å². The Bertz CT molecular complexity index is 1140. The van der Waals surface area contributed by atoms with E-state index in [1.54, 1.807) is 0 Å². The lowest BCUT2D eigenvalue weighted by Crippen LogP contribution is -2.53. The van der Waals surface area contributed by atoms with Gasteiger partial charge >= 0.3 is 0 Å². The van der Waals surface area contributed by atoms with Crippen LogP contribution in [0.15, 0.2) is 48.5 Å². The summed E-state index contributed by atoms with van der Waals surface area (Å²) >= 11 is 1.06. The molecule has 2 aromatic rings. The van der Waals surface area contributed by atoms with Crippen molar-refractivity contribution < 1.29 is 14.4 Å². The molecule has 7 rings (SSSR count). The van der Waals surface area contributed by atoms with Crippen molar-refractivity contribution in [2.75, 3.05) is 7.05 Å². The van der Waals surface area contributed by atoms with Gasteiger partial charge in [-0.1, -0.05) is 54.2 Å². The number of imide groups is 1. The molecular weight excluding hydrogens is 456 g/mol. The number of hydrogen-bond acceptors (Lipinski definition) is 4. The average Bonchev–Trinajstić information content (AvgIpc) is 3.14. The summed E-state index contributed by atoms with van der Waals surface area (Å²) < 4.78 is 0. The number of nitrogens with one attached hydrogen (secondary N) is 1. The van der Waals surface area contributed by atoms with Gasteiger partial charge in [-0.2, -0.15) is 0 Å². The first-order chi connectivity index (χ1) is 16.9. The van der Waals surface area contributed by atoms with Crippen LogP contribution >= 0.6 is 11.8 Å². The third kappa shape index (κ3) is 4.42. The van der Waals surface area contributed by atoms with Crippen molar-refractivity contribution in [3.63, 3.8) is 0 Å². The van der Waals surface area contributed by atoms with Gasteiger partial charge in [0.25, 0.3) is 5.24 Å². The molecule has 35 heavy (non-hydrogen) atoms. The fourth-order valence-corrected chi connectivity index (χ4v) is 8.41. The van der Waals surface area contributed by atoms with E-state index >= 15 is 0 Å². The molecule has 6 heteroatoms. The first-order valence-corrected chi connectivity index (χ1v) is 13.7. The summed E-state index contributed by atoms with van der Waals surface area (Å²) in [6, 6.07) is 16.6. The van der Waals surface area contributed by atoms with Crippen LogP contribution in [0.1, 0.15) is 49.7 Å². The quantitative estimate of drug-likeness (QED) is 0.589. The van der Waals surface area contributed by atoms with Gasteiger partial charge in [0, 0.05) is 13.6 Å². The van der Waals surface area contributed by atoms with Gasteiger partial charge in [-0.15, -0.1) is 0 Å². The van der Waals surface area contributed by atoms with E-state index in [1.165, 1.54) is 19.3 Å². The van der Waals surface area contributed by atoms with E-state index in [1.807, 2.05) is 24.1 Å². The zero-order valence-corrected chi connectivity index (χ0v) is 21.0. The first-order valence-electron chi connectivity index (χ1n) is 12.8. The molecule has 1 saturated heterocycles. The Morgan fingerprint density at radius 2 is 1.60 bits per heavy atom. The standard InChI is InChI=1S/C29H32N2O3S/c1-31(27(33)29-14-20-9-21(15-29)11-22(10-20)16-29)17-19-3-2-4-24(12-19)23-7-5-18(6-8-23)13-25-26(32)30-28(34)35-25/h2-8,12,20-22,25H,9-11,13-17H2,1H3,(H,30,32,34). The van der Waals surface area contributed by atoms with E-state index in [9.17, 15) is 14.4 Å². The lowest BCUT2D eigenvalue weighted by molar-refractivity contribution is -0.156. The Balaban J connectivity index is 1.13. The maximum atomic E-state index is 13.7. The monoisotopic (exact) mass is 488 g/mol. The van der Waals surface area contributed by atoms with Gasteiger partial charge in [-0.3, -0.25) is 19.7 Å². The summed E-state index contributed by atoms with van der Waals surface area (Å²) in [4.78, 5) is 38.9. The van der Waals surface area contributed by atoms with E-state index in [-0.39, 0.29) is 21.8 Å². The van der Waals surface area contributed by atoms with Crippen molar-refractivity contribution in [2.24, 2.45) is 23.2 Å². The number of thioether (sulfide) groups is 1. The average molecular weight is 489 g/mol. The van der Waals surface area contributed by atoms with Gasteiger partial charge in [0.15, 0.2) is 0 Å². The Labute approximate surface area is 211 Å².